The number of amides is 1. The van der Waals surface area contributed by atoms with E-state index in [-0.39, 0.29) is 11.6 Å². The van der Waals surface area contributed by atoms with Crippen molar-refractivity contribution in [3.05, 3.63) is 38.9 Å². The molecular formula is C14H17ClN4OS. The Morgan fingerprint density at radius 1 is 1.43 bits per heavy atom. The molecule has 2 aromatic rings. The monoisotopic (exact) mass is 324 g/mol. The van der Waals surface area contributed by atoms with Crippen LogP contribution in [0.4, 0.5) is 5.82 Å². The number of thiazole rings is 1. The van der Waals surface area contributed by atoms with E-state index in [1.165, 1.54) is 0 Å². The highest BCUT2D eigenvalue weighted by Crippen LogP contribution is 2.17. The van der Waals surface area contributed by atoms with Gasteiger partial charge in [-0.3, -0.25) is 4.79 Å². The molecule has 0 aliphatic heterocycles. The van der Waals surface area contributed by atoms with Gasteiger partial charge in [-0.2, -0.15) is 0 Å². The van der Waals surface area contributed by atoms with Crippen molar-refractivity contribution < 1.29 is 4.79 Å². The number of aryl methyl sites for hydroxylation is 1. The number of nitrogens with zero attached hydrogens (tertiary/aromatic N) is 2. The molecule has 2 aromatic heterocycles. The SMILES string of the molecule is CCCNc1ccc(Cl)c(C(=O)NCc2ncc(C)s2)n1. The highest BCUT2D eigenvalue weighted by molar-refractivity contribution is 7.11. The van der Waals surface area contributed by atoms with E-state index in [0.29, 0.717) is 17.4 Å². The van der Waals surface area contributed by atoms with Crippen LogP contribution in [0.2, 0.25) is 5.02 Å². The third-order valence-electron chi connectivity index (χ3n) is 2.69. The lowest BCUT2D eigenvalue weighted by molar-refractivity contribution is 0.0946. The predicted octanol–water partition coefficient (Wildman–Crippen LogP) is 3.25. The Balaban J connectivity index is 2.03. The second-order valence-corrected chi connectivity index (χ2v) is 6.23. The zero-order chi connectivity index (χ0) is 15.2. The van der Waals surface area contributed by atoms with Crippen LogP contribution >= 0.6 is 22.9 Å². The molecule has 0 aliphatic carbocycles. The molecule has 0 aromatic carbocycles. The molecule has 2 rings (SSSR count). The van der Waals surface area contributed by atoms with Crippen LogP contribution in [-0.4, -0.2) is 22.4 Å². The van der Waals surface area contributed by atoms with Crippen molar-refractivity contribution >= 4 is 34.7 Å². The average molecular weight is 325 g/mol. The number of rotatable bonds is 6. The van der Waals surface area contributed by atoms with Gasteiger partial charge in [-0.05, 0) is 25.5 Å². The highest BCUT2D eigenvalue weighted by Gasteiger charge is 2.13. The van der Waals surface area contributed by atoms with Gasteiger partial charge < -0.3 is 10.6 Å². The van der Waals surface area contributed by atoms with Crippen molar-refractivity contribution in [2.24, 2.45) is 0 Å². The molecular weight excluding hydrogens is 308 g/mol. The molecule has 0 unspecified atom stereocenters. The summed E-state index contributed by atoms with van der Waals surface area (Å²) in [6.45, 7) is 5.22. The summed E-state index contributed by atoms with van der Waals surface area (Å²) in [5, 5.41) is 7.12. The summed E-state index contributed by atoms with van der Waals surface area (Å²) in [6.07, 6.45) is 2.77. The molecule has 112 valence electrons. The number of aromatic nitrogens is 2. The van der Waals surface area contributed by atoms with Crippen molar-refractivity contribution in [1.29, 1.82) is 0 Å². The first kappa shape index (κ1) is 15.7. The van der Waals surface area contributed by atoms with Gasteiger partial charge in [-0.25, -0.2) is 9.97 Å². The van der Waals surface area contributed by atoms with Gasteiger partial charge in [0.1, 0.15) is 16.5 Å². The van der Waals surface area contributed by atoms with Crippen molar-refractivity contribution in [3.8, 4) is 0 Å². The van der Waals surface area contributed by atoms with Gasteiger partial charge in [-0.15, -0.1) is 11.3 Å². The Labute approximate surface area is 132 Å². The zero-order valence-electron chi connectivity index (χ0n) is 11.9. The largest absolute Gasteiger partial charge is 0.370 e. The molecule has 1 amide bonds. The van der Waals surface area contributed by atoms with Crippen LogP contribution in [0.5, 0.6) is 0 Å². The first-order chi connectivity index (χ1) is 10.1. The van der Waals surface area contributed by atoms with Crippen LogP contribution in [0.25, 0.3) is 0 Å². The van der Waals surface area contributed by atoms with Crippen molar-refractivity contribution in [1.82, 2.24) is 15.3 Å². The van der Waals surface area contributed by atoms with Gasteiger partial charge >= 0.3 is 0 Å². The van der Waals surface area contributed by atoms with Crippen molar-refractivity contribution in [2.45, 2.75) is 26.8 Å². The van der Waals surface area contributed by atoms with Crippen molar-refractivity contribution in [2.75, 3.05) is 11.9 Å². The summed E-state index contributed by atoms with van der Waals surface area (Å²) >= 11 is 7.60. The molecule has 0 radical (unpaired) electrons. The smallest absolute Gasteiger partial charge is 0.271 e. The molecule has 0 saturated carbocycles. The fraction of sp³-hybridized carbons (Fsp3) is 0.357. The number of carbonyl (C=O) groups is 1. The van der Waals surface area contributed by atoms with E-state index < -0.39 is 0 Å². The molecule has 0 aliphatic rings. The Bertz CT molecular complexity index is 629. The minimum atomic E-state index is -0.298. The van der Waals surface area contributed by atoms with E-state index in [0.717, 1.165) is 22.9 Å². The predicted molar refractivity (Wildman–Crippen MR) is 86.0 cm³/mol. The maximum absolute atomic E-state index is 12.2. The Kier molecular flexibility index (Phi) is 5.52. The summed E-state index contributed by atoms with van der Waals surface area (Å²) in [7, 11) is 0. The van der Waals surface area contributed by atoms with Gasteiger partial charge in [0.2, 0.25) is 0 Å². The molecule has 5 nitrogen and oxygen atoms in total. The summed E-state index contributed by atoms with van der Waals surface area (Å²) in [5.41, 5.74) is 0.228. The highest BCUT2D eigenvalue weighted by atomic mass is 35.5. The van der Waals surface area contributed by atoms with Crippen LogP contribution in [-0.2, 0) is 6.54 Å². The second kappa shape index (κ2) is 7.38. The summed E-state index contributed by atoms with van der Waals surface area (Å²) < 4.78 is 0. The lowest BCUT2D eigenvalue weighted by Gasteiger charge is -2.08. The van der Waals surface area contributed by atoms with E-state index in [1.807, 2.05) is 6.92 Å². The number of pyridine rings is 1. The second-order valence-electron chi connectivity index (χ2n) is 4.50. The zero-order valence-corrected chi connectivity index (χ0v) is 13.5. The minimum absolute atomic E-state index is 0.228. The fourth-order valence-corrected chi connectivity index (χ4v) is 2.59. The molecule has 0 atom stereocenters. The van der Waals surface area contributed by atoms with Gasteiger partial charge in [0, 0.05) is 17.6 Å². The number of hydrogen-bond acceptors (Lipinski definition) is 5. The minimum Gasteiger partial charge on any atom is -0.370 e. The van der Waals surface area contributed by atoms with E-state index in [9.17, 15) is 4.79 Å². The Morgan fingerprint density at radius 3 is 2.90 bits per heavy atom. The van der Waals surface area contributed by atoms with Crippen LogP contribution in [0.15, 0.2) is 18.3 Å². The maximum Gasteiger partial charge on any atom is 0.271 e. The van der Waals surface area contributed by atoms with E-state index in [4.69, 9.17) is 11.6 Å². The lowest BCUT2D eigenvalue weighted by atomic mass is 10.3. The molecule has 0 spiro atoms. The molecule has 0 fully saturated rings. The number of halogens is 1. The van der Waals surface area contributed by atoms with E-state index in [1.54, 1.807) is 29.7 Å². The van der Waals surface area contributed by atoms with Crippen LogP contribution in [0.3, 0.4) is 0 Å². The summed E-state index contributed by atoms with van der Waals surface area (Å²) in [4.78, 5) is 21.7. The molecule has 21 heavy (non-hydrogen) atoms. The first-order valence-electron chi connectivity index (χ1n) is 6.70. The third kappa shape index (κ3) is 4.41. The number of hydrogen-bond donors (Lipinski definition) is 2. The summed E-state index contributed by atoms with van der Waals surface area (Å²) in [5.74, 6) is 0.351. The van der Waals surface area contributed by atoms with Crippen molar-refractivity contribution in [3.63, 3.8) is 0 Å². The van der Waals surface area contributed by atoms with Gasteiger partial charge in [0.05, 0.1) is 11.6 Å². The standard InChI is InChI=1S/C14H17ClN4OS/c1-3-6-16-11-5-4-10(15)13(19-11)14(20)18-8-12-17-7-9(2)21-12/h4-5,7H,3,6,8H2,1-2H3,(H,16,19)(H,18,20). The molecule has 0 saturated heterocycles. The van der Waals surface area contributed by atoms with Gasteiger partial charge in [-0.1, -0.05) is 18.5 Å². The quantitative estimate of drug-likeness (QED) is 0.856. The number of carbonyl (C=O) groups excluding carboxylic acids is 1. The number of nitrogens with one attached hydrogen (secondary N) is 2. The molecule has 7 heteroatoms. The van der Waals surface area contributed by atoms with Crippen LogP contribution in [0, 0.1) is 6.92 Å². The maximum atomic E-state index is 12.2. The Morgan fingerprint density at radius 2 is 2.24 bits per heavy atom. The van der Waals surface area contributed by atoms with E-state index in [2.05, 4.69) is 27.5 Å². The van der Waals surface area contributed by atoms with Crippen LogP contribution < -0.4 is 10.6 Å². The number of anilines is 1. The molecule has 0 bridgehead atoms. The molecule has 2 heterocycles. The molecule has 2 N–H and O–H groups in total. The van der Waals surface area contributed by atoms with Gasteiger partial charge in [0.15, 0.2) is 0 Å². The van der Waals surface area contributed by atoms with Crippen LogP contribution in [0.1, 0.15) is 33.7 Å². The third-order valence-corrected chi connectivity index (χ3v) is 3.90. The summed E-state index contributed by atoms with van der Waals surface area (Å²) in [6, 6.07) is 3.44. The Hall–Kier alpha value is -1.66. The average Bonchev–Trinajstić information content (AvgIpc) is 2.89. The van der Waals surface area contributed by atoms with Gasteiger partial charge in [0.25, 0.3) is 5.91 Å². The topological polar surface area (TPSA) is 66.9 Å². The lowest BCUT2D eigenvalue weighted by Crippen LogP contribution is -2.24. The fourth-order valence-electron chi connectivity index (χ4n) is 1.68. The normalized spacial score (nSPS) is 10.4. The first-order valence-corrected chi connectivity index (χ1v) is 7.89. The van der Waals surface area contributed by atoms with E-state index >= 15 is 0 Å².